The molecule has 0 atom stereocenters. The fourth-order valence-corrected chi connectivity index (χ4v) is 1.45. The van der Waals surface area contributed by atoms with Gasteiger partial charge in [0, 0.05) is 30.2 Å². The van der Waals surface area contributed by atoms with Gasteiger partial charge >= 0.3 is 5.97 Å². The molecule has 0 spiro atoms. The largest absolute Gasteiger partial charge is 0.478 e. The summed E-state index contributed by atoms with van der Waals surface area (Å²) in [6, 6.07) is 8.83. The van der Waals surface area contributed by atoms with Crippen molar-refractivity contribution in [3.05, 3.63) is 54.9 Å². The molecular weight excluding hydrogens is 246 g/mol. The second-order valence-corrected chi connectivity index (χ2v) is 3.66. The topological polar surface area (TPSA) is 84.2 Å². The Kier molecular flexibility index (Phi) is 3.72. The Morgan fingerprint density at radius 2 is 1.95 bits per heavy atom. The van der Waals surface area contributed by atoms with Gasteiger partial charge in [-0.25, -0.2) is 9.48 Å². The average molecular weight is 257 g/mol. The first-order valence-corrected chi connectivity index (χ1v) is 5.47. The normalized spacial score (nSPS) is 10.5. The van der Waals surface area contributed by atoms with Gasteiger partial charge in [0.1, 0.15) is 0 Å². The van der Waals surface area contributed by atoms with Gasteiger partial charge < -0.3 is 10.4 Å². The van der Waals surface area contributed by atoms with Gasteiger partial charge in [0.2, 0.25) is 5.91 Å². The Hall–Kier alpha value is -2.89. The molecule has 0 fully saturated rings. The second-order valence-electron chi connectivity index (χ2n) is 3.66. The molecule has 0 radical (unpaired) electrons. The van der Waals surface area contributed by atoms with Crippen LogP contribution in [0.4, 0.5) is 5.69 Å². The minimum Gasteiger partial charge on any atom is -0.478 e. The molecule has 96 valence electrons. The van der Waals surface area contributed by atoms with Gasteiger partial charge in [-0.2, -0.15) is 5.10 Å². The molecule has 0 saturated heterocycles. The van der Waals surface area contributed by atoms with Crippen LogP contribution in [0.3, 0.4) is 0 Å². The minimum absolute atomic E-state index is 0.491. The molecule has 0 saturated carbocycles. The van der Waals surface area contributed by atoms with Gasteiger partial charge in [-0.3, -0.25) is 4.79 Å². The third-order valence-corrected chi connectivity index (χ3v) is 2.28. The lowest BCUT2D eigenvalue weighted by Crippen LogP contribution is -2.08. The van der Waals surface area contributed by atoms with Crippen molar-refractivity contribution in [2.75, 3.05) is 5.32 Å². The first-order valence-electron chi connectivity index (χ1n) is 5.47. The fourth-order valence-electron chi connectivity index (χ4n) is 1.45. The molecule has 1 aromatic carbocycles. The van der Waals surface area contributed by atoms with Crippen LogP contribution < -0.4 is 5.32 Å². The van der Waals surface area contributed by atoms with Crippen LogP contribution in [0.2, 0.25) is 0 Å². The Labute approximate surface area is 109 Å². The van der Waals surface area contributed by atoms with E-state index in [0.717, 1.165) is 17.8 Å². The van der Waals surface area contributed by atoms with E-state index in [1.807, 2.05) is 12.3 Å². The lowest BCUT2D eigenvalue weighted by molar-refractivity contribution is -0.131. The van der Waals surface area contributed by atoms with E-state index in [1.165, 1.54) is 0 Å². The van der Waals surface area contributed by atoms with E-state index < -0.39 is 11.9 Å². The molecular formula is C13H11N3O3. The lowest BCUT2D eigenvalue weighted by Gasteiger charge is -2.04. The SMILES string of the molecule is O=C(O)/C=C/C(=O)Nc1ccc(-n2cccn2)cc1. The number of amides is 1. The number of aromatic nitrogens is 2. The quantitative estimate of drug-likeness (QED) is 0.812. The van der Waals surface area contributed by atoms with Crippen LogP contribution in [-0.2, 0) is 9.59 Å². The number of anilines is 1. The predicted molar refractivity (Wildman–Crippen MR) is 69.0 cm³/mol. The number of nitrogens with zero attached hydrogens (tertiary/aromatic N) is 2. The van der Waals surface area contributed by atoms with Gasteiger partial charge in [0.05, 0.1) is 5.69 Å². The molecule has 1 aromatic heterocycles. The van der Waals surface area contributed by atoms with E-state index in [4.69, 9.17) is 5.11 Å². The number of carboxylic acids is 1. The third kappa shape index (κ3) is 3.53. The fraction of sp³-hybridized carbons (Fsp3) is 0. The van der Waals surface area contributed by atoms with Crippen LogP contribution in [0.15, 0.2) is 54.9 Å². The third-order valence-electron chi connectivity index (χ3n) is 2.28. The van der Waals surface area contributed by atoms with Gasteiger partial charge in [-0.15, -0.1) is 0 Å². The van der Waals surface area contributed by atoms with Crippen LogP contribution in [0.5, 0.6) is 0 Å². The zero-order valence-electron chi connectivity index (χ0n) is 9.85. The summed E-state index contributed by atoms with van der Waals surface area (Å²) in [5, 5.41) is 15.0. The van der Waals surface area contributed by atoms with E-state index in [2.05, 4.69) is 10.4 Å². The molecule has 19 heavy (non-hydrogen) atoms. The summed E-state index contributed by atoms with van der Waals surface area (Å²) in [6.07, 6.45) is 5.23. The van der Waals surface area contributed by atoms with E-state index >= 15 is 0 Å². The highest BCUT2D eigenvalue weighted by Gasteiger charge is 2.00. The monoisotopic (exact) mass is 257 g/mol. The van der Waals surface area contributed by atoms with Gasteiger partial charge in [-0.05, 0) is 30.3 Å². The van der Waals surface area contributed by atoms with Crippen LogP contribution in [0.1, 0.15) is 0 Å². The molecule has 0 aliphatic carbocycles. The lowest BCUT2D eigenvalue weighted by atomic mass is 10.3. The number of carboxylic acid groups (broad SMARTS) is 1. The van der Waals surface area contributed by atoms with Crippen molar-refractivity contribution < 1.29 is 14.7 Å². The second kappa shape index (κ2) is 5.63. The van der Waals surface area contributed by atoms with Crippen molar-refractivity contribution in [2.45, 2.75) is 0 Å². The summed E-state index contributed by atoms with van der Waals surface area (Å²) in [5.74, 6) is -1.65. The van der Waals surface area contributed by atoms with Crippen molar-refractivity contribution in [3.63, 3.8) is 0 Å². The highest BCUT2D eigenvalue weighted by Crippen LogP contribution is 2.12. The molecule has 0 aliphatic rings. The van der Waals surface area contributed by atoms with Gasteiger partial charge in [-0.1, -0.05) is 0 Å². The summed E-state index contributed by atoms with van der Waals surface area (Å²) in [5.41, 5.74) is 1.44. The first kappa shape index (κ1) is 12.6. The van der Waals surface area contributed by atoms with Crippen molar-refractivity contribution >= 4 is 17.6 Å². The summed E-state index contributed by atoms with van der Waals surface area (Å²) < 4.78 is 1.69. The number of carbonyl (C=O) groups excluding carboxylic acids is 1. The predicted octanol–water partition coefficient (Wildman–Crippen LogP) is 1.45. The summed E-state index contributed by atoms with van der Waals surface area (Å²) in [6.45, 7) is 0. The Balaban J connectivity index is 2.03. The number of benzene rings is 1. The van der Waals surface area contributed by atoms with Crippen LogP contribution in [0, 0.1) is 0 Å². The molecule has 0 aliphatic heterocycles. The van der Waals surface area contributed by atoms with E-state index in [9.17, 15) is 9.59 Å². The molecule has 1 heterocycles. The van der Waals surface area contributed by atoms with Crippen molar-refractivity contribution in [1.82, 2.24) is 9.78 Å². The molecule has 0 bridgehead atoms. The van der Waals surface area contributed by atoms with Crippen molar-refractivity contribution in [1.29, 1.82) is 0 Å². The maximum atomic E-state index is 11.4. The molecule has 6 heteroatoms. The summed E-state index contributed by atoms with van der Waals surface area (Å²) >= 11 is 0. The zero-order chi connectivity index (χ0) is 13.7. The van der Waals surface area contributed by atoms with E-state index in [-0.39, 0.29) is 0 Å². The number of rotatable bonds is 4. The molecule has 6 nitrogen and oxygen atoms in total. The number of carbonyl (C=O) groups is 2. The highest BCUT2D eigenvalue weighted by atomic mass is 16.4. The van der Waals surface area contributed by atoms with Crippen LogP contribution in [0.25, 0.3) is 5.69 Å². The van der Waals surface area contributed by atoms with Crippen molar-refractivity contribution in [2.24, 2.45) is 0 Å². The van der Waals surface area contributed by atoms with Crippen molar-refractivity contribution in [3.8, 4) is 5.69 Å². The average Bonchev–Trinajstić information content (AvgIpc) is 2.91. The van der Waals surface area contributed by atoms with Crippen LogP contribution in [-0.4, -0.2) is 26.8 Å². The maximum Gasteiger partial charge on any atom is 0.328 e. The standard InChI is InChI=1S/C13H11N3O3/c17-12(6-7-13(18)19)15-10-2-4-11(5-3-10)16-9-1-8-14-16/h1-9H,(H,15,17)(H,18,19)/b7-6+. The minimum atomic E-state index is -1.16. The Bertz CT molecular complexity index is 601. The van der Waals surface area contributed by atoms with Gasteiger partial charge in [0.15, 0.2) is 0 Å². The molecule has 2 aromatic rings. The number of aliphatic carboxylic acids is 1. The number of hydrogen-bond donors (Lipinski definition) is 2. The van der Waals surface area contributed by atoms with E-state index in [0.29, 0.717) is 5.69 Å². The number of nitrogens with one attached hydrogen (secondary N) is 1. The first-order chi connectivity index (χ1) is 9.15. The molecule has 1 amide bonds. The highest BCUT2D eigenvalue weighted by molar-refractivity contribution is 6.02. The summed E-state index contributed by atoms with van der Waals surface area (Å²) in [4.78, 5) is 21.6. The van der Waals surface area contributed by atoms with E-state index in [1.54, 1.807) is 35.1 Å². The Morgan fingerprint density at radius 1 is 1.21 bits per heavy atom. The molecule has 2 rings (SSSR count). The number of hydrogen-bond acceptors (Lipinski definition) is 3. The van der Waals surface area contributed by atoms with Crippen LogP contribution >= 0.6 is 0 Å². The van der Waals surface area contributed by atoms with Gasteiger partial charge in [0.25, 0.3) is 0 Å². The maximum absolute atomic E-state index is 11.4. The molecule has 0 unspecified atom stereocenters. The summed E-state index contributed by atoms with van der Waals surface area (Å²) in [7, 11) is 0. The molecule has 2 N–H and O–H groups in total. The smallest absolute Gasteiger partial charge is 0.328 e. The zero-order valence-corrected chi connectivity index (χ0v) is 9.85. The Morgan fingerprint density at radius 3 is 2.53 bits per heavy atom.